The second kappa shape index (κ2) is 7.43. The highest BCUT2D eigenvalue weighted by molar-refractivity contribution is 5.81. The first-order valence-corrected chi connectivity index (χ1v) is 9.02. The van der Waals surface area contributed by atoms with Crippen molar-refractivity contribution in [2.24, 2.45) is 0 Å². The van der Waals surface area contributed by atoms with Crippen LogP contribution in [0.4, 0.5) is 0 Å². The molecule has 1 amide bonds. The van der Waals surface area contributed by atoms with Gasteiger partial charge in [-0.05, 0) is 57.9 Å². The molecule has 1 saturated heterocycles. The number of carbonyl (C=O) groups excluding carboxylic acids is 1. The lowest BCUT2D eigenvalue weighted by atomic mass is 10.0. The number of nitrogens with zero attached hydrogens (tertiary/aromatic N) is 1. The Bertz CT molecular complexity index is 588. The van der Waals surface area contributed by atoms with Gasteiger partial charge in [-0.2, -0.15) is 0 Å². The van der Waals surface area contributed by atoms with E-state index in [9.17, 15) is 4.79 Å². The van der Waals surface area contributed by atoms with Crippen LogP contribution in [0.2, 0.25) is 0 Å². The van der Waals surface area contributed by atoms with Crippen LogP contribution in [0.15, 0.2) is 18.2 Å². The van der Waals surface area contributed by atoms with Crippen LogP contribution in [0.1, 0.15) is 51.6 Å². The standard InChI is InChI=1S/C19H28N2O3/c1-13(2)20-19(22)14(3)21-9-4-6-16(21)15-7-8-17-18(12-15)24-11-5-10-23-17/h7-8,12-14,16H,4-6,9-11H2,1-3H3,(H,20,22)/t14-,16-/m1/s1. The van der Waals surface area contributed by atoms with E-state index in [1.165, 1.54) is 5.56 Å². The van der Waals surface area contributed by atoms with Crippen LogP contribution < -0.4 is 14.8 Å². The Morgan fingerprint density at radius 2 is 1.92 bits per heavy atom. The van der Waals surface area contributed by atoms with Gasteiger partial charge in [0.2, 0.25) is 5.91 Å². The van der Waals surface area contributed by atoms with Gasteiger partial charge in [-0.1, -0.05) is 6.07 Å². The Labute approximate surface area is 144 Å². The van der Waals surface area contributed by atoms with Gasteiger partial charge in [0.05, 0.1) is 19.3 Å². The van der Waals surface area contributed by atoms with E-state index in [1.54, 1.807) is 0 Å². The number of nitrogens with one attached hydrogen (secondary N) is 1. The van der Waals surface area contributed by atoms with Crippen molar-refractivity contribution in [1.29, 1.82) is 0 Å². The van der Waals surface area contributed by atoms with E-state index in [0.717, 1.165) is 37.3 Å². The summed E-state index contributed by atoms with van der Waals surface area (Å²) in [5.41, 5.74) is 1.21. The highest BCUT2D eigenvalue weighted by Gasteiger charge is 2.33. The first-order chi connectivity index (χ1) is 11.6. The molecule has 2 aliphatic rings. The van der Waals surface area contributed by atoms with Crippen LogP contribution >= 0.6 is 0 Å². The molecule has 1 fully saturated rings. The van der Waals surface area contributed by atoms with Crippen molar-refractivity contribution in [3.8, 4) is 11.5 Å². The Hall–Kier alpha value is -1.75. The minimum absolute atomic E-state index is 0.103. The molecule has 5 heteroatoms. The lowest BCUT2D eigenvalue weighted by molar-refractivity contribution is -0.126. The van der Waals surface area contributed by atoms with Gasteiger partial charge < -0.3 is 14.8 Å². The third kappa shape index (κ3) is 3.66. The highest BCUT2D eigenvalue weighted by atomic mass is 16.5. The maximum Gasteiger partial charge on any atom is 0.237 e. The second-order valence-corrected chi connectivity index (χ2v) is 6.99. The molecule has 132 valence electrons. The summed E-state index contributed by atoms with van der Waals surface area (Å²) in [7, 11) is 0. The Morgan fingerprint density at radius 3 is 2.67 bits per heavy atom. The van der Waals surface area contributed by atoms with Crippen LogP contribution in [0.25, 0.3) is 0 Å². The molecule has 2 heterocycles. The van der Waals surface area contributed by atoms with Gasteiger partial charge in [-0.25, -0.2) is 0 Å². The molecule has 0 spiro atoms. The topological polar surface area (TPSA) is 50.8 Å². The summed E-state index contributed by atoms with van der Waals surface area (Å²) in [4.78, 5) is 14.7. The Morgan fingerprint density at radius 1 is 1.17 bits per heavy atom. The maximum absolute atomic E-state index is 12.4. The lowest BCUT2D eigenvalue weighted by Crippen LogP contribution is -2.46. The number of amides is 1. The number of ether oxygens (including phenoxy) is 2. The summed E-state index contributed by atoms with van der Waals surface area (Å²) in [6.45, 7) is 8.34. The molecule has 2 aliphatic heterocycles. The molecule has 1 aromatic rings. The van der Waals surface area contributed by atoms with Crippen molar-refractivity contribution < 1.29 is 14.3 Å². The molecular weight excluding hydrogens is 304 g/mol. The van der Waals surface area contributed by atoms with Crippen molar-refractivity contribution in [2.45, 2.75) is 58.2 Å². The SMILES string of the molecule is CC(C)NC(=O)[C@@H](C)N1CCC[C@@H]1c1ccc2c(c1)OCCCO2. The lowest BCUT2D eigenvalue weighted by Gasteiger charge is -2.31. The van der Waals surface area contributed by atoms with Crippen molar-refractivity contribution in [1.82, 2.24) is 10.2 Å². The summed E-state index contributed by atoms with van der Waals surface area (Å²) in [5, 5.41) is 3.02. The highest BCUT2D eigenvalue weighted by Crippen LogP contribution is 2.38. The molecule has 0 bridgehead atoms. The fourth-order valence-electron chi connectivity index (χ4n) is 3.55. The minimum Gasteiger partial charge on any atom is -0.490 e. The Kier molecular flexibility index (Phi) is 5.29. The number of hydrogen-bond acceptors (Lipinski definition) is 4. The molecule has 3 rings (SSSR count). The molecule has 0 radical (unpaired) electrons. The van der Waals surface area contributed by atoms with Gasteiger partial charge in [0.15, 0.2) is 11.5 Å². The normalized spacial score (nSPS) is 22.2. The summed E-state index contributed by atoms with van der Waals surface area (Å²) < 4.78 is 11.5. The number of benzene rings is 1. The van der Waals surface area contributed by atoms with E-state index in [2.05, 4.69) is 22.3 Å². The van der Waals surface area contributed by atoms with Gasteiger partial charge in [-0.3, -0.25) is 9.69 Å². The maximum atomic E-state index is 12.4. The number of carbonyl (C=O) groups is 1. The summed E-state index contributed by atoms with van der Waals surface area (Å²) in [6.07, 6.45) is 3.09. The first kappa shape index (κ1) is 17.1. The van der Waals surface area contributed by atoms with Crippen molar-refractivity contribution in [2.75, 3.05) is 19.8 Å². The zero-order valence-electron chi connectivity index (χ0n) is 14.9. The van der Waals surface area contributed by atoms with Gasteiger partial charge >= 0.3 is 0 Å². The average molecular weight is 332 g/mol. The molecule has 24 heavy (non-hydrogen) atoms. The van der Waals surface area contributed by atoms with Gasteiger partial charge in [0.25, 0.3) is 0 Å². The van der Waals surface area contributed by atoms with E-state index >= 15 is 0 Å². The molecule has 1 N–H and O–H groups in total. The van der Waals surface area contributed by atoms with E-state index < -0.39 is 0 Å². The van der Waals surface area contributed by atoms with Crippen LogP contribution in [0.5, 0.6) is 11.5 Å². The smallest absolute Gasteiger partial charge is 0.237 e. The van der Waals surface area contributed by atoms with Crippen molar-refractivity contribution in [3.63, 3.8) is 0 Å². The van der Waals surface area contributed by atoms with E-state index in [-0.39, 0.29) is 24.0 Å². The van der Waals surface area contributed by atoms with E-state index in [4.69, 9.17) is 9.47 Å². The molecule has 0 aromatic heterocycles. The molecule has 2 atom stereocenters. The summed E-state index contributed by atoms with van der Waals surface area (Å²) >= 11 is 0. The minimum atomic E-state index is -0.129. The third-order valence-corrected chi connectivity index (χ3v) is 4.76. The Balaban J connectivity index is 1.78. The largest absolute Gasteiger partial charge is 0.490 e. The zero-order chi connectivity index (χ0) is 17.1. The van der Waals surface area contributed by atoms with Crippen LogP contribution in [0, 0.1) is 0 Å². The van der Waals surface area contributed by atoms with Gasteiger partial charge in [-0.15, -0.1) is 0 Å². The number of likely N-dealkylation sites (tertiary alicyclic amines) is 1. The first-order valence-electron chi connectivity index (χ1n) is 9.02. The van der Waals surface area contributed by atoms with E-state index in [1.807, 2.05) is 26.8 Å². The fraction of sp³-hybridized carbons (Fsp3) is 0.632. The monoisotopic (exact) mass is 332 g/mol. The van der Waals surface area contributed by atoms with Crippen molar-refractivity contribution >= 4 is 5.91 Å². The number of rotatable bonds is 4. The van der Waals surface area contributed by atoms with Gasteiger partial charge in [0, 0.05) is 18.5 Å². The van der Waals surface area contributed by atoms with Crippen LogP contribution in [-0.4, -0.2) is 42.6 Å². The molecule has 5 nitrogen and oxygen atoms in total. The van der Waals surface area contributed by atoms with Gasteiger partial charge in [0.1, 0.15) is 0 Å². The molecule has 1 aromatic carbocycles. The van der Waals surface area contributed by atoms with Crippen LogP contribution in [0.3, 0.4) is 0 Å². The van der Waals surface area contributed by atoms with Crippen LogP contribution in [-0.2, 0) is 4.79 Å². The summed E-state index contributed by atoms with van der Waals surface area (Å²) in [5.74, 6) is 1.76. The third-order valence-electron chi connectivity index (χ3n) is 4.76. The predicted octanol–water partition coefficient (Wildman–Crippen LogP) is 2.90. The summed E-state index contributed by atoms with van der Waals surface area (Å²) in [6, 6.07) is 6.51. The van der Waals surface area contributed by atoms with E-state index in [0.29, 0.717) is 13.2 Å². The quantitative estimate of drug-likeness (QED) is 0.921. The number of hydrogen-bond donors (Lipinski definition) is 1. The molecule has 0 unspecified atom stereocenters. The predicted molar refractivity (Wildman–Crippen MR) is 93.5 cm³/mol. The molecule has 0 saturated carbocycles. The number of fused-ring (bicyclic) bond motifs is 1. The average Bonchev–Trinajstić information content (AvgIpc) is 2.92. The molecular formula is C19H28N2O3. The fourth-order valence-corrected chi connectivity index (χ4v) is 3.55. The van der Waals surface area contributed by atoms with Crippen molar-refractivity contribution in [3.05, 3.63) is 23.8 Å². The zero-order valence-corrected chi connectivity index (χ0v) is 14.9. The molecule has 0 aliphatic carbocycles. The second-order valence-electron chi connectivity index (χ2n) is 6.99.